The van der Waals surface area contributed by atoms with E-state index >= 15 is 0 Å². The van der Waals surface area contributed by atoms with Crippen LogP contribution in [0.15, 0.2) is 45.6 Å². The minimum absolute atomic E-state index is 0.0859. The summed E-state index contributed by atoms with van der Waals surface area (Å²) in [4.78, 5) is 12.8. The van der Waals surface area contributed by atoms with Gasteiger partial charge in [0.05, 0.1) is 10.9 Å². The van der Waals surface area contributed by atoms with Crippen molar-refractivity contribution in [2.24, 2.45) is 0 Å². The Morgan fingerprint density at radius 3 is 2.52 bits per heavy atom. The normalized spacial score (nSPS) is 15.5. The lowest BCUT2D eigenvalue weighted by Crippen LogP contribution is -2.38. The van der Waals surface area contributed by atoms with E-state index in [0.717, 1.165) is 47.9 Å². The predicted octanol–water partition coefficient (Wildman–Crippen LogP) is 6.25. The van der Waals surface area contributed by atoms with Gasteiger partial charge in [0.2, 0.25) is 0 Å². The van der Waals surface area contributed by atoms with Crippen LogP contribution in [0.1, 0.15) is 52.0 Å². The monoisotopic (exact) mass is 365 g/mol. The lowest BCUT2D eigenvalue weighted by molar-refractivity contribution is 0.474. The Hall–Kier alpha value is -2.62. The van der Waals surface area contributed by atoms with Gasteiger partial charge in [-0.25, -0.2) is 9.18 Å². The molecule has 0 radical (unpaired) electrons. The van der Waals surface area contributed by atoms with Gasteiger partial charge in [-0.05, 0) is 49.6 Å². The van der Waals surface area contributed by atoms with E-state index in [4.69, 9.17) is 4.42 Å². The van der Waals surface area contributed by atoms with E-state index in [1.807, 2.05) is 19.1 Å². The zero-order valence-corrected chi connectivity index (χ0v) is 16.0. The molecule has 0 aliphatic carbocycles. The molecule has 1 N–H and O–H groups in total. The van der Waals surface area contributed by atoms with Crippen LogP contribution in [0, 0.1) is 5.82 Å². The maximum Gasteiger partial charge on any atom is 0.344 e. The summed E-state index contributed by atoms with van der Waals surface area (Å²) in [6, 6.07) is 8.17. The van der Waals surface area contributed by atoms with Gasteiger partial charge < -0.3 is 9.73 Å². The van der Waals surface area contributed by atoms with Crippen molar-refractivity contribution in [1.82, 2.24) is 0 Å². The summed E-state index contributed by atoms with van der Waals surface area (Å²) in [6.45, 7) is 6.43. The van der Waals surface area contributed by atoms with E-state index in [0.29, 0.717) is 16.4 Å². The summed E-state index contributed by atoms with van der Waals surface area (Å²) in [7, 11) is 0. The highest BCUT2D eigenvalue weighted by atomic mass is 19.1. The molecule has 0 fully saturated rings. The third kappa shape index (κ3) is 2.84. The van der Waals surface area contributed by atoms with Gasteiger partial charge >= 0.3 is 5.63 Å². The van der Waals surface area contributed by atoms with Crippen molar-refractivity contribution >= 4 is 33.0 Å². The molecule has 2 aromatic carbocycles. The van der Waals surface area contributed by atoms with Crippen molar-refractivity contribution in [3.05, 3.63) is 58.2 Å². The van der Waals surface area contributed by atoms with Crippen molar-refractivity contribution < 1.29 is 8.81 Å². The Morgan fingerprint density at radius 1 is 1.07 bits per heavy atom. The van der Waals surface area contributed by atoms with E-state index in [1.165, 1.54) is 18.2 Å². The number of benzene rings is 2. The Balaban J connectivity index is 2.02. The van der Waals surface area contributed by atoms with E-state index < -0.39 is 0 Å². The van der Waals surface area contributed by atoms with Crippen molar-refractivity contribution in [3.63, 3.8) is 0 Å². The molecular formula is C23H24FNO2. The largest absolute Gasteiger partial charge is 0.422 e. The molecule has 4 rings (SSSR count). The van der Waals surface area contributed by atoms with E-state index in [1.54, 1.807) is 0 Å². The molecule has 2 heterocycles. The van der Waals surface area contributed by atoms with E-state index in [-0.39, 0.29) is 17.0 Å². The van der Waals surface area contributed by atoms with Crippen LogP contribution < -0.4 is 10.9 Å². The van der Waals surface area contributed by atoms with Gasteiger partial charge in [-0.3, -0.25) is 0 Å². The summed E-state index contributed by atoms with van der Waals surface area (Å²) < 4.78 is 19.3. The third-order valence-corrected chi connectivity index (χ3v) is 5.51. The van der Waals surface area contributed by atoms with Crippen LogP contribution in [0.5, 0.6) is 0 Å². The van der Waals surface area contributed by atoms with Crippen LogP contribution in [0.4, 0.5) is 10.1 Å². The first kappa shape index (κ1) is 17.8. The highest BCUT2D eigenvalue weighted by molar-refractivity contribution is 6.10. The number of nitrogens with one attached hydrogen (secondary N) is 1. The molecule has 140 valence electrons. The molecule has 0 atom stereocenters. The van der Waals surface area contributed by atoms with Gasteiger partial charge in [-0.2, -0.15) is 0 Å². The van der Waals surface area contributed by atoms with Crippen molar-refractivity contribution in [2.45, 2.75) is 52.0 Å². The van der Waals surface area contributed by atoms with Crippen molar-refractivity contribution in [1.29, 1.82) is 0 Å². The van der Waals surface area contributed by atoms with Crippen molar-refractivity contribution in [3.8, 4) is 0 Å². The molecule has 27 heavy (non-hydrogen) atoms. The first-order valence-electron chi connectivity index (χ1n) is 9.65. The number of fused-ring (bicyclic) bond motifs is 5. The molecule has 0 spiro atoms. The number of allylic oxidation sites excluding steroid dienone is 1. The molecule has 0 saturated carbocycles. The van der Waals surface area contributed by atoms with Crippen LogP contribution >= 0.6 is 0 Å². The molecule has 0 saturated heterocycles. The Kier molecular flexibility index (Phi) is 4.29. The first-order chi connectivity index (χ1) is 13.0. The third-order valence-electron chi connectivity index (χ3n) is 5.51. The average molecular weight is 365 g/mol. The molecule has 1 aliphatic rings. The van der Waals surface area contributed by atoms with Gasteiger partial charge in [0.25, 0.3) is 0 Å². The van der Waals surface area contributed by atoms with Gasteiger partial charge in [0.15, 0.2) is 0 Å². The summed E-state index contributed by atoms with van der Waals surface area (Å²) in [5.41, 5.74) is 2.83. The molecular weight excluding hydrogens is 341 g/mol. The second-order valence-electron chi connectivity index (χ2n) is 7.55. The first-order valence-corrected chi connectivity index (χ1v) is 9.65. The number of hydrogen-bond donors (Lipinski definition) is 1. The SMILES string of the molecule is CCCC1(CCC)C=C(C)c2c(ccc3c2c(=O)oc2ccc(F)cc23)N1. The smallest absolute Gasteiger partial charge is 0.344 e. The fourth-order valence-corrected chi connectivity index (χ4v) is 4.58. The van der Waals surface area contributed by atoms with Gasteiger partial charge in [-0.1, -0.05) is 38.8 Å². The van der Waals surface area contributed by atoms with Crippen LogP contribution in [-0.2, 0) is 0 Å². The quantitative estimate of drug-likeness (QED) is 0.439. The number of anilines is 1. The lowest BCUT2D eigenvalue weighted by Gasteiger charge is -2.38. The summed E-state index contributed by atoms with van der Waals surface area (Å²) in [5.74, 6) is -0.342. The minimum atomic E-state index is -0.381. The molecule has 0 amide bonds. The topological polar surface area (TPSA) is 42.2 Å². The molecule has 3 aromatic rings. The zero-order chi connectivity index (χ0) is 19.2. The number of hydrogen-bond acceptors (Lipinski definition) is 3. The van der Waals surface area contributed by atoms with Crippen molar-refractivity contribution in [2.75, 3.05) is 5.32 Å². The molecule has 4 heteroatoms. The van der Waals surface area contributed by atoms with Crippen LogP contribution in [0.25, 0.3) is 27.3 Å². The molecule has 1 aliphatic heterocycles. The highest BCUT2D eigenvalue weighted by Gasteiger charge is 2.32. The van der Waals surface area contributed by atoms with Crippen LogP contribution in [-0.4, -0.2) is 5.54 Å². The van der Waals surface area contributed by atoms with E-state index in [9.17, 15) is 9.18 Å². The van der Waals surface area contributed by atoms with Gasteiger partial charge in [-0.15, -0.1) is 0 Å². The summed E-state index contributed by atoms with van der Waals surface area (Å²) in [6.07, 6.45) is 6.48. The average Bonchev–Trinajstić information content (AvgIpc) is 2.62. The van der Waals surface area contributed by atoms with Crippen LogP contribution in [0.2, 0.25) is 0 Å². The number of halogens is 1. The highest BCUT2D eigenvalue weighted by Crippen LogP contribution is 2.42. The fourth-order valence-electron chi connectivity index (χ4n) is 4.58. The Bertz CT molecular complexity index is 1120. The predicted molar refractivity (Wildman–Crippen MR) is 110 cm³/mol. The molecule has 0 unspecified atom stereocenters. The lowest BCUT2D eigenvalue weighted by atomic mass is 9.81. The second kappa shape index (κ2) is 6.52. The van der Waals surface area contributed by atoms with Gasteiger partial charge in [0.1, 0.15) is 11.4 Å². The summed E-state index contributed by atoms with van der Waals surface area (Å²) >= 11 is 0. The maximum absolute atomic E-state index is 13.8. The second-order valence-corrected chi connectivity index (χ2v) is 7.55. The Morgan fingerprint density at radius 2 is 1.81 bits per heavy atom. The van der Waals surface area contributed by atoms with Crippen LogP contribution in [0.3, 0.4) is 0 Å². The molecule has 1 aromatic heterocycles. The molecule has 3 nitrogen and oxygen atoms in total. The Labute approximate surface area is 157 Å². The summed E-state index contributed by atoms with van der Waals surface area (Å²) in [5, 5.41) is 5.57. The zero-order valence-electron chi connectivity index (χ0n) is 16.0. The fraction of sp³-hybridized carbons (Fsp3) is 0.348. The van der Waals surface area contributed by atoms with E-state index in [2.05, 4.69) is 25.2 Å². The minimum Gasteiger partial charge on any atom is -0.422 e. The molecule has 0 bridgehead atoms. The maximum atomic E-state index is 13.8. The van der Waals surface area contributed by atoms with Gasteiger partial charge in [0, 0.05) is 22.0 Å². The number of rotatable bonds is 4. The standard InChI is InChI=1S/C23H24FNO2/c1-4-10-23(11-5-2)13-14(3)20-18(25-23)8-7-16-17-12-15(24)6-9-19(17)27-22(26)21(16)20/h6-9,12-13,25H,4-5,10-11H2,1-3H3.